The maximum atomic E-state index is 12.3. The average Bonchev–Trinajstić information content (AvgIpc) is 3.20. The van der Waals surface area contributed by atoms with Crippen LogP contribution in [0.15, 0.2) is 69.9 Å². The van der Waals surface area contributed by atoms with E-state index in [4.69, 9.17) is 4.74 Å². The Bertz CT molecular complexity index is 1090. The van der Waals surface area contributed by atoms with E-state index in [1.165, 1.54) is 220 Å². The largest absolute Gasteiger partial charge is 0.462 e. The third kappa shape index (κ3) is 48.6. The lowest BCUT2D eigenvalue weighted by Gasteiger charge is -2.18. The Kier molecular flexibility index (Phi) is 46.4. The summed E-state index contributed by atoms with van der Waals surface area (Å²) in [6.45, 7) is 24.6. The molecule has 0 saturated heterocycles. The molecular weight excluding hydrogens is 729 g/mol. The summed E-state index contributed by atoms with van der Waals surface area (Å²) in [6.07, 6.45) is 55.1. The molecule has 0 aromatic carbocycles. The van der Waals surface area contributed by atoms with Gasteiger partial charge >= 0.3 is 5.97 Å². The second kappa shape index (κ2) is 46.4. The third-order valence-electron chi connectivity index (χ3n) is 11.7. The molecule has 0 rings (SSSR count). The van der Waals surface area contributed by atoms with Crippen molar-refractivity contribution in [2.24, 2.45) is 0 Å². The molecule has 0 aromatic rings. The highest BCUT2D eigenvalue weighted by atomic mass is 16.5. The highest BCUT2D eigenvalue weighted by Crippen LogP contribution is 2.19. The number of hydrogen-bond acceptors (Lipinski definition) is 2. The Balaban J connectivity index is 0. The Morgan fingerprint density at radius 3 is 0.983 bits per heavy atom. The van der Waals surface area contributed by atoms with Gasteiger partial charge in [-0.05, 0) is 152 Å². The van der Waals surface area contributed by atoms with Gasteiger partial charge in [0.1, 0.15) is 6.10 Å². The molecule has 0 saturated carbocycles. The van der Waals surface area contributed by atoms with E-state index < -0.39 is 0 Å². The van der Waals surface area contributed by atoms with Gasteiger partial charge in [-0.25, -0.2) is 0 Å². The molecule has 0 N–H and O–H groups in total. The summed E-state index contributed by atoms with van der Waals surface area (Å²) in [5, 5.41) is 0. The van der Waals surface area contributed by atoms with Crippen molar-refractivity contribution < 1.29 is 9.53 Å². The first kappa shape index (κ1) is 60.0. The molecule has 0 aliphatic rings. The van der Waals surface area contributed by atoms with Crippen LogP contribution in [0, 0.1) is 0 Å². The Labute approximate surface area is 378 Å². The number of ether oxygens (including phenoxy) is 1. The zero-order chi connectivity index (χ0) is 44.9. The summed E-state index contributed by atoms with van der Waals surface area (Å²) in [4.78, 5) is 12.3. The summed E-state index contributed by atoms with van der Waals surface area (Å²) in [7, 11) is 0. The number of carbonyl (C=O) groups is 1. The fourth-order valence-corrected chi connectivity index (χ4v) is 7.55. The fraction of sp³-hybridized carbons (Fsp3) is 0.776. The Morgan fingerprint density at radius 2 is 0.633 bits per heavy atom. The van der Waals surface area contributed by atoms with E-state index in [9.17, 15) is 4.79 Å². The van der Waals surface area contributed by atoms with Crippen LogP contribution in [-0.4, -0.2) is 12.1 Å². The summed E-state index contributed by atoms with van der Waals surface area (Å²) in [5.74, 6) is 0.0568. The molecule has 0 aliphatic heterocycles. The van der Waals surface area contributed by atoms with Crippen molar-refractivity contribution in [2.75, 3.05) is 0 Å². The first-order valence-electron chi connectivity index (χ1n) is 26.0. The molecule has 0 bridgehead atoms. The molecule has 0 aliphatic carbocycles. The van der Waals surface area contributed by atoms with Gasteiger partial charge in [0.15, 0.2) is 0 Å². The van der Waals surface area contributed by atoms with E-state index >= 15 is 0 Å². The SMILES string of the molecule is CC(C)=CCCC(C)=CCCC(C)=CCCC=C(C)CCC=C(C)CCC=C(C)C.CCCCCCCCCCCC(=O)OC(CCCCCC)CCCCCCCCC. The van der Waals surface area contributed by atoms with E-state index in [0.717, 1.165) is 19.3 Å². The zero-order valence-electron chi connectivity index (χ0n) is 42.7. The normalized spacial score (nSPS) is 12.8. The maximum absolute atomic E-state index is 12.3. The Hall–Kier alpha value is -2.09. The molecule has 0 fully saturated rings. The minimum absolute atomic E-state index is 0.0568. The molecule has 60 heavy (non-hydrogen) atoms. The maximum Gasteiger partial charge on any atom is 0.306 e. The molecule has 2 nitrogen and oxygen atoms in total. The summed E-state index contributed by atoms with van der Waals surface area (Å²) in [6, 6.07) is 0. The molecule has 0 radical (unpaired) electrons. The predicted octanol–water partition coefficient (Wildman–Crippen LogP) is 20.5. The third-order valence-corrected chi connectivity index (χ3v) is 11.7. The van der Waals surface area contributed by atoms with Gasteiger partial charge in [0.2, 0.25) is 0 Å². The van der Waals surface area contributed by atoms with Gasteiger partial charge in [-0.1, -0.05) is 200 Å². The number of hydrogen-bond donors (Lipinski definition) is 0. The molecule has 0 amide bonds. The van der Waals surface area contributed by atoms with Crippen molar-refractivity contribution in [3.8, 4) is 0 Å². The van der Waals surface area contributed by atoms with Gasteiger partial charge in [-0.2, -0.15) is 0 Å². The molecule has 2 heteroatoms. The van der Waals surface area contributed by atoms with Crippen molar-refractivity contribution in [3.63, 3.8) is 0 Å². The molecule has 1 atom stereocenters. The average molecular weight is 835 g/mol. The quantitative estimate of drug-likeness (QED) is 0.0350. The zero-order valence-corrected chi connectivity index (χ0v) is 42.7. The number of esters is 1. The lowest BCUT2D eigenvalue weighted by atomic mass is 10.0. The number of carbonyl (C=O) groups excluding carboxylic acids is 1. The monoisotopic (exact) mass is 835 g/mol. The van der Waals surface area contributed by atoms with E-state index in [0.29, 0.717) is 6.42 Å². The lowest BCUT2D eigenvalue weighted by molar-refractivity contribution is -0.150. The summed E-state index contributed by atoms with van der Waals surface area (Å²) in [5.41, 5.74) is 8.97. The van der Waals surface area contributed by atoms with Crippen LogP contribution in [0.3, 0.4) is 0 Å². The number of unbranched alkanes of at least 4 members (excludes halogenated alkanes) is 18. The fourth-order valence-electron chi connectivity index (χ4n) is 7.55. The highest BCUT2D eigenvalue weighted by Gasteiger charge is 2.14. The van der Waals surface area contributed by atoms with E-state index in [1.54, 1.807) is 0 Å². The van der Waals surface area contributed by atoms with Gasteiger partial charge in [0.05, 0.1) is 0 Å². The van der Waals surface area contributed by atoms with Crippen LogP contribution >= 0.6 is 0 Å². The predicted molar refractivity (Wildman–Crippen MR) is 273 cm³/mol. The minimum atomic E-state index is 0.0568. The highest BCUT2D eigenvalue weighted by molar-refractivity contribution is 5.69. The number of allylic oxidation sites excluding steroid dienone is 12. The second-order valence-corrected chi connectivity index (χ2v) is 18.9. The minimum Gasteiger partial charge on any atom is -0.462 e. The van der Waals surface area contributed by atoms with Gasteiger partial charge in [0, 0.05) is 6.42 Å². The van der Waals surface area contributed by atoms with E-state index in [1.807, 2.05) is 0 Å². The first-order chi connectivity index (χ1) is 28.9. The molecule has 1 unspecified atom stereocenters. The van der Waals surface area contributed by atoms with Crippen molar-refractivity contribution in [1.82, 2.24) is 0 Å². The summed E-state index contributed by atoms with van der Waals surface area (Å²) >= 11 is 0. The lowest BCUT2D eigenvalue weighted by Crippen LogP contribution is -2.18. The van der Waals surface area contributed by atoms with Crippen molar-refractivity contribution in [2.45, 2.75) is 294 Å². The van der Waals surface area contributed by atoms with Crippen molar-refractivity contribution in [3.05, 3.63) is 69.9 Å². The van der Waals surface area contributed by atoms with Crippen LogP contribution in [0.1, 0.15) is 288 Å². The topological polar surface area (TPSA) is 26.3 Å². The Morgan fingerprint density at radius 1 is 0.350 bits per heavy atom. The van der Waals surface area contributed by atoms with Crippen LogP contribution in [0.4, 0.5) is 0 Å². The van der Waals surface area contributed by atoms with E-state index in [2.05, 4.69) is 113 Å². The van der Waals surface area contributed by atoms with Gasteiger partial charge in [-0.15, -0.1) is 0 Å². The smallest absolute Gasteiger partial charge is 0.306 e. The molecular formula is C58H106O2. The van der Waals surface area contributed by atoms with Crippen LogP contribution in [0.5, 0.6) is 0 Å². The second-order valence-electron chi connectivity index (χ2n) is 18.9. The van der Waals surface area contributed by atoms with Gasteiger partial charge in [-0.3, -0.25) is 4.79 Å². The van der Waals surface area contributed by atoms with Crippen LogP contribution in [-0.2, 0) is 9.53 Å². The molecule has 0 heterocycles. The number of rotatable bonds is 39. The van der Waals surface area contributed by atoms with Crippen LogP contribution in [0.25, 0.3) is 0 Å². The molecule has 350 valence electrons. The van der Waals surface area contributed by atoms with Gasteiger partial charge in [0.25, 0.3) is 0 Å². The van der Waals surface area contributed by atoms with Crippen molar-refractivity contribution in [1.29, 1.82) is 0 Å². The first-order valence-corrected chi connectivity index (χ1v) is 26.0. The van der Waals surface area contributed by atoms with Crippen LogP contribution in [0.2, 0.25) is 0 Å². The van der Waals surface area contributed by atoms with E-state index in [-0.39, 0.29) is 12.1 Å². The van der Waals surface area contributed by atoms with Gasteiger partial charge < -0.3 is 4.74 Å². The standard InChI is InChI=1S/C30H50.C28H56O2/c1-25(2)15-11-19-29(7)23-13-21-27(5)17-9-10-18-28(6)22-14-24-30(8)20-12-16-26(3)4;1-4-7-10-13-15-16-18-20-23-26-28(29)30-27(24-21-12-9-6-3)25-22-19-17-14-11-8-5-2/h15-18,23-24H,9-14,19-22H2,1-8H3;27H,4-26H2,1-3H3. The van der Waals surface area contributed by atoms with Crippen LogP contribution < -0.4 is 0 Å². The molecule has 0 aromatic heterocycles. The van der Waals surface area contributed by atoms with Crippen molar-refractivity contribution >= 4 is 5.97 Å². The molecule has 0 spiro atoms. The summed E-state index contributed by atoms with van der Waals surface area (Å²) < 4.78 is 5.91.